The molecule has 0 heterocycles. The van der Waals surface area contributed by atoms with Gasteiger partial charge in [0.05, 0.1) is 17.0 Å². The number of hydrogen-bond donors (Lipinski definition) is 1. The highest BCUT2D eigenvalue weighted by Gasteiger charge is 2.30. The van der Waals surface area contributed by atoms with Crippen molar-refractivity contribution in [2.75, 3.05) is 23.7 Å². The van der Waals surface area contributed by atoms with E-state index in [1.807, 2.05) is 0 Å². The largest absolute Gasteiger partial charge is 0.355 e. The lowest BCUT2D eigenvalue weighted by Gasteiger charge is -2.31. The summed E-state index contributed by atoms with van der Waals surface area (Å²) in [4.78, 5) is 27.0. The van der Waals surface area contributed by atoms with Gasteiger partial charge in [-0.05, 0) is 49.7 Å². The molecule has 7 nitrogen and oxygen atoms in total. The first-order valence-electron chi connectivity index (χ1n) is 9.68. The van der Waals surface area contributed by atoms with E-state index in [2.05, 4.69) is 5.32 Å². The van der Waals surface area contributed by atoms with Crippen molar-refractivity contribution in [1.82, 2.24) is 10.2 Å². The molecule has 0 fully saturated rings. The van der Waals surface area contributed by atoms with Crippen molar-refractivity contribution in [2.24, 2.45) is 0 Å². The molecule has 0 bridgehead atoms. The fourth-order valence-electron chi connectivity index (χ4n) is 2.96. The molecule has 32 heavy (non-hydrogen) atoms. The van der Waals surface area contributed by atoms with Crippen molar-refractivity contribution < 1.29 is 22.4 Å². The molecule has 0 saturated heterocycles. The smallest absolute Gasteiger partial charge is 0.244 e. The first-order valence-corrected chi connectivity index (χ1v) is 12.3. The Hall–Kier alpha value is -2.36. The van der Waals surface area contributed by atoms with Crippen LogP contribution in [0.1, 0.15) is 19.4 Å². The average molecular weight is 504 g/mol. The predicted molar refractivity (Wildman–Crippen MR) is 124 cm³/mol. The Morgan fingerprint density at radius 2 is 1.75 bits per heavy atom. The highest BCUT2D eigenvalue weighted by atomic mass is 35.5. The minimum Gasteiger partial charge on any atom is -0.355 e. The summed E-state index contributed by atoms with van der Waals surface area (Å²) in [7, 11) is -3.93. The average Bonchev–Trinajstić information content (AvgIpc) is 2.72. The van der Waals surface area contributed by atoms with E-state index in [4.69, 9.17) is 23.2 Å². The van der Waals surface area contributed by atoms with E-state index in [9.17, 15) is 22.4 Å². The number of nitrogens with one attached hydrogen (secondary N) is 1. The number of likely N-dealkylation sites (N-methyl/N-ethyl adjacent to an activating group) is 1. The molecule has 2 rings (SSSR count). The maximum atomic E-state index is 13.3. The quantitative estimate of drug-likeness (QED) is 0.567. The van der Waals surface area contributed by atoms with Gasteiger partial charge >= 0.3 is 0 Å². The molecule has 0 spiro atoms. The van der Waals surface area contributed by atoms with Gasteiger partial charge in [0.1, 0.15) is 18.4 Å². The summed E-state index contributed by atoms with van der Waals surface area (Å²) in [6.07, 6.45) is 0.940. The molecule has 0 radical (unpaired) electrons. The summed E-state index contributed by atoms with van der Waals surface area (Å²) >= 11 is 12.2. The summed E-state index contributed by atoms with van der Waals surface area (Å²) in [5, 5.41) is 2.98. The minimum absolute atomic E-state index is 0.0295. The molecule has 2 amide bonds. The standard InChI is InChI=1S/C21H24Cl2FN3O4S/c1-4-25-21(29)14(2)26(12-15-5-8-17(24)9-6-15)20(28)13-27(32(3,30)31)19-11-16(22)7-10-18(19)23/h5-11,14H,4,12-13H2,1-3H3,(H,25,29)/t14-/m1/s1. The third kappa shape index (κ3) is 6.82. The van der Waals surface area contributed by atoms with E-state index in [1.165, 1.54) is 54.3 Å². The number of nitrogens with zero attached hydrogens (tertiary/aromatic N) is 2. The first-order chi connectivity index (χ1) is 14.9. The Labute approximate surface area is 197 Å². The molecule has 0 saturated carbocycles. The molecule has 0 aliphatic rings. The van der Waals surface area contributed by atoms with E-state index in [0.717, 1.165) is 10.6 Å². The van der Waals surface area contributed by atoms with E-state index < -0.39 is 40.2 Å². The minimum atomic E-state index is -3.93. The summed E-state index contributed by atoms with van der Waals surface area (Å²) < 4.78 is 39.1. The van der Waals surface area contributed by atoms with E-state index in [1.54, 1.807) is 6.92 Å². The number of carbonyl (C=O) groups excluding carboxylic acids is 2. The van der Waals surface area contributed by atoms with Crippen LogP contribution in [-0.4, -0.2) is 50.5 Å². The van der Waals surface area contributed by atoms with Gasteiger partial charge in [0.2, 0.25) is 21.8 Å². The Kier molecular flexibility index (Phi) is 8.89. The second-order valence-corrected chi connectivity index (χ2v) is 9.83. The molecule has 11 heteroatoms. The molecule has 0 aliphatic carbocycles. The summed E-state index contributed by atoms with van der Waals surface area (Å²) in [6, 6.07) is 8.81. The second-order valence-electron chi connectivity index (χ2n) is 7.08. The lowest BCUT2D eigenvalue weighted by Crippen LogP contribution is -2.51. The zero-order valence-corrected chi connectivity index (χ0v) is 20.1. The summed E-state index contributed by atoms with van der Waals surface area (Å²) in [6.45, 7) is 2.99. The zero-order chi connectivity index (χ0) is 24.1. The molecule has 1 atom stereocenters. The normalized spacial score (nSPS) is 12.2. The number of anilines is 1. The van der Waals surface area contributed by atoms with Gasteiger partial charge < -0.3 is 10.2 Å². The van der Waals surface area contributed by atoms with Crippen LogP contribution in [-0.2, 0) is 26.2 Å². The van der Waals surface area contributed by atoms with Gasteiger partial charge in [-0.25, -0.2) is 12.8 Å². The highest BCUT2D eigenvalue weighted by Crippen LogP contribution is 2.30. The molecule has 1 N–H and O–H groups in total. The van der Waals surface area contributed by atoms with Gasteiger partial charge in [-0.3, -0.25) is 13.9 Å². The van der Waals surface area contributed by atoms with Crippen LogP contribution in [0.5, 0.6) is 0 Å². The zero-order valence-electron chi connectivity index (χ0n) is 17.8. The third-order valence-electron chi connectivity index (χ3n) is 4.64. The van der Waals surface area contributed by atoms with Crippen LogP contribution in [0, 0.1) is 5.82 Å². The fraction of sp³-hybridized carbons (Fsp3) is 0.333. The van der Waals surface area contributed by atoms with Gasteiger partial charge in [0.25, 0.3) is 0 Å². The van der Waals surface area contributed by atoms with Crippen molar-refractivity contribution in [3.8, 4) is 0 Å². The molecule has 2 aromatic rings. The second kappa shape index (κ2) is 11.0. The number of amides is 2. The Bertz CT molecular complexity index is 1080. The number of halogens is 3. The van der Waals surface area contributed by atoms with Crippen LogP contribution in [0.2, 0.25) is 10.0 Å². The maximum Gasteiger partial charge on any atom is 0.244 e. The summed E-state index contributed by atoms with van der Waals surface area (Å²) in [5.74, 6) is -1.49. The Balaban J connectivity index is 2.42. The van der Waals surface area contributed by atoms with Crippen molar-refractivity contribution >= 4 is 50.7 Å². The molecule has 0 aromatic heterocycles. The molecular formula is C21H24Cl2FN3O4S. The Morgan fingerprint density at radius 1 is 1.12 bits per heavy atom. The van der Waals surface area contributed by atoms with Crippen LogP contribution < -0.4 is 9.62 Å². The van der Waals surface area contributed by atoms with Crippen molar-refractivity contribution in [3.63, 3.8) is 0 Å². The molecule has 174 valence electrons. The lowest BCUT2D eigenvalue weighted by atomic mass is 10.1. The van der Waals surface area contributed by atoms with E-state index >= 15 is 0 Å². The third-order valence-corrected chi connectivity index (χ3v) is 6.32. The predicted octanol–water partition coefficient (Wildman–Crippen LogP) is 3.45. The van der Waals surface area contributed by atoms with Crippen molar-refractivity contribution in [1.29, 1.82) is 0 Å². The van der Waals surface area contributed by atoms with Gasteiger partial charge in [-0.1, -0.05) is 35.3 Å². The van der Waals surface area contributed by atoms with E-state index in [0.29, 0.717) is 12.1 Å². The van der Waals surface area contributed by atoms with Crippen LogP contribution >= 0.6 is 23.2 Å². The molecular weight excluding hydrogens is 480 g/mol. The van der Waals surface area contributed by atoms with Gasteiger partial charge in [0, 0.05) is 18.1 Å². The van der Waals surface area contributed by atoms with Crippen LogP contribution in [0.25, 0.3) is 0 Å². The summed E-state index contributed by atoms with van der Waals surface area (Å²) in [5.41, 5.74) is 0.616. The maximum absolute atomic E-state index is 13.3. The van der Waals surface area contributed by atoms with Crippen molar-refractivity contribution in [3.05, 3.63) is 63.9 Å². The fourth-order valence-corrected chi connectivity index (χ4v) is 4.25. The molecule has 0 aliphatic heterocycles. The van der Waals surface area contributed by atoms with Gasteiger partial charge in [0.15, 0.2) is 0 Å². The van der Waals surface area contributed by atoms with Gasteiger partial charge in [-0.2, -0.15) is 0 Å². The highest BCUT2D eigenvalue weighted by molar-refractivity contribution is 7.92. The van der Waals surface area contributed by atoms with Crippen molar-refractivity contribution in [2.45, 2.75) is 26.4 Å². The van der Waals surface area contributed by atoms with E-state index in [-0.39, 0.29) is 22.3 Å². The number of rotatable bonds is 9. The Morgan fingerprint density at radius 3 is 2.31 bits per heavy atom. The lowest BCUT2D eigenvalue weighted by molar-refractivity contribution is -0.139. The number of benzene rings is 2. The topological polar surface area (TPSA) is 86.8 Å². The number of hydrogen-bond acceptors (Lipinski definition) is 4. The SMILES string of the molecule is CCNC(=O)[C@@H](C)N(Cc1ccc(F)cc1)C(=O)CN(c1cc(Cl)ccc1Cl)S(C)(=O)=O. The monoisotopic (exact) mass is 503 g/mol. The van der Waals surface area contributed by atoms with Crippen LogP contribution in [0.15, 0.2) is 42.5 Å². The first kappa shape index (κ1) is 25.9. The number of carbonyl (C=O) groups is 2. The molecule has 2 aromatic carbocycles. The van der Waals surface area contributed by atoms with Crippen LogP contribution in [0.4, 0.5) is 10.1 Å². The number of sulfonamides is 1. The van der Waals surface area contributed by atoms with Gasteiger partial charge in [-0.15, -0.1) is 0 Å². The van der Waals surface area contributed by atoms with Crippen LogP contribution in [0.3, 0.4) is 0 Å². The molecule has 0 unspecified atom stereocenters.